The Hall–Kier alpha value is -0.520. The first-order valence-corrected chi connectivity index (χ1v) is 4.18. The number of hydrogen-bond acceptors (Lipinski definition) is 0. The summed E-state index contributed by atoms with van der Waals surface area (Å²) in [6, 6.07) is 0. The molecule has 0 aromatic heterocycles. The van der Waals surface area contributed by atoms with Gasteiger partial charge in [-0.15, -0.1) is 0 Å². The molecule has 0 amide bonds. The molecule has 2 aliphatic rings. The van der Waals surface area contributed by atoms with E-state index in [2.05, 4.69) is 19.9 Å². The lowest BCUT2D eigenvalue weighted by Gasteiger charge is -1.95. The third-order valence-electron chi connectivity index (χ3n) is 2.67. The van der Waals surface area contributed by atoms with Gasteiger partial charge in [-0.1, -0.05) is 24.1 Å². The fraction of sp³-hybridized carbons (Fsp3) is 0.600. The highest BCUT2D eigenvalue weighted by Gasteiger charge is 2.29. The molecule has 54 valence electrons. The predicted molar refractivity (Wildman–Crippen MR) is 43.8 cm³/mol. The minimum absolute atomic E-state index is 0.913. The van der Waals surface area contributed by atoms with Gasteiger partial charge in [-0.05, 0) is 37.7 Å². The van der Waals surface area contributed by atoms with Gasteiger partial charge in [0.1, 0.15) is 0 Å². The fourth-order valence-electron chi connectivity index (χ4n) is 1.86. The zero-order valence-electron chi connectivity index (χ0n) is 6.78. The minimum atomic E-state index is 0.913. The van der Waals surface area contributed by atoms with Gasteiger partial charge in [0.2, 0.25) is 0 Å². The molecule has 1 fully saturated rings. The SMILES string of the molecule is CC1=CCCC1=C1CC1C. The van der Waals surface area contributed by atoms with Gasteiger partial charge in [-0.25, -0.2) is 0 Å². The molecule has 0 heteroatoms. The summed E-state index contributed by atoms with van der Waals surface area (Å²) < 4.78 is 0. The summed E-state index contributed by atoms with van der Waals surface area (Å²) in [5.74, 6) is 0.913. The molecule has 2 aliphatic carbocycles. The summed E-state index contributed by atoms with van der Waals surface area (Å²) in [7, 11) is 0. The normalized spacial score (nSPS) is 38.2. The third-order valence-corrected chi connectivity index (χ3v) is 2.67. The van der Waals surface area contributed by atoms with Crippen LogP contribution in [0.15, 0.2) is 22.8 Å². The predicted octanol–water partition coefficient (Wildman–Crippen LogP) is 3.06. The van der Waals surface area contributed by atoms with Gasteiger partial charge in [0.15, 0.2) is 0 Å². The van der Waals surface area contributed by atoms with Crippen molar-refractivity contribution in [1.29, 1.82) is 0 Å². The molecule has 0 nitrogen and oxygen atoms in total. The third kappa shape index (κ3) is 0.828. The van der Waals surface area contributed by atoms with E-state index in [4.69, 9.17) is 0 Å². The van der Waals surface area contributed by atoms with Crippen molar-refractivity contribution in [2.75, 3.05) is 0 Å². The Balaban J connectivity index is 2.27. The first-order valence-electron chi connectivity index (χ1n) is 4.18. The fourth-order valence-corrected chi connectivity index (χ4v) is 1.86. The second kappa shape index (κ2) is 1.98. The van der Waals surface area contributed by atoms with Crippen molar-refractivity contribution >= 4 is 0 Å². The number of rotatable bonds is 0. The number of hydrogen-bond donors (Lipinski definition) is 0. The topological polar surface area (TPSA) is 0 Å². The summed E-state index contributed by atoms with van der Waals surface area (Å²) >= 11 is 0. The largest absolute Gasteiger partial charge is 0.0810 e. The first kappa shape index (κ1) is 6.21. The second-order valence-corrected chi connectivity index (χ2v) is 3.53. The Morgan fingerprint density at radius 3 is 2.60 bits per heavy atom. The molecular formula is C10H14. The van der Waals surface area contributed by atoms with Gasteiger partial charge < -0.3 is 0 Å². The molecule has 0 spiro atoms. The maximum atomic E-state index is 2.37. The Morgan fingerprint density at radius 1 is 1.50 bits per heavy atom. The Bertz CT molecular complexity index is 218. The molecule has 0 radical (unpaired) electrons. The van der Waals surface area contributed by atoms with Crippen molar-refractivity contribution in [1.82, 2.24) is 0 Å². The summed E-state index contributed by atoms with van der Waals surface area (Å²) in [4.78, 5) is 0. The molecule has 1 saturated carbocycles. The van der Waals surface area contributed by atoms with Crippen LogP contribution >= 0.6 is 0 Å². The highest BCUT2D eigenvalue weighted by atomic mass is 14.3. The van der Waals surface area contributed by atoms with Crippen molar-refractivity contribution in [3.8, 4) is 0 Å². The monoisotopic (exact) mass is 134 g/mol. The van der Waals surface area contributed by atoms with Crippen LogP contribution in [-0.4, -0.2) is 0 Å². The summed E-state index contributed by atoms with van der Waals surface area (Å²) in [5.41, 5.74) is 4.98. The standard InChI is InChI=1S/C10H14/c1-7-4-3-5-9(7)10-6-8(10)2/h4,8H,3,5-6H2,1-2H3. The van der Waals surface area contributed by atoms with Crippen LogP contribution in [0.2, 0.25) is 0 Å². The van der Waals surface area contributed by atoms with Crippen LogP contribution in [-0.2, 0) is 0 Å². The molecule has 2 rings (SSSR count). The van der Waals surface area contributed by atoms with E-state index in [-0.39, 0.29) is 0 Å². The van der Waals surface area contributed by atoms with Crippen LogP contribution < -0.4 is 0 Å². The molecule has 0 heterocycles. The van der Waals surface area contributed by atoms with Crippen molar-refractivity contribution in [3.05, 3.63) is 22.8 Å². The van der Waals surface area contributed by atoms with Gasteiger partial charge in [0.05, 0.1) is 0 Å². The Morgan fingerprint density at radius 2 is 2.20 bits per heavy atom. The van der Waals surface area contributed by atoms with Gasteiger partial charge >= 0.3 is 0 Å². The number of allylic oxidation sites excluding steroid dienone is 4. The van der Waals surface area contributed by atoms with Crippen molar-refractivity contribution < 1.29 is 0 Å². The molecule has 10 heavy (non-hydrogen) atoms. The molecule has 0 aromatic carbocycles. The van der Waals surface area contributed by atoms with Crippen molar-refractivity contribution in [2.45, 2.75) is 33.1 Å². The molecule has 0 saturated heterocycles. The summed E-state index contributed by atoms with van der Waals surface area (Å²) in [5, 5.41) is 0. The quantitative estimate of drug-likeness (QED) is 0.477. The van der Waals surface area contributed by atoms with E-state index >= 15 is 0 Å². The molecule has 1 unspecified atom stereocenters. The van der Waals surface area contributed by atoms with Crippen LogP contribution in [0.25, 0.3) is 0 Å². The summed E-state index contributed by atoms with van der Waals surface area (Å²) in [6.07, 6.45) is 6.36. The van der Waals surface area contributed by atoms with Crippen LogP contribution in [0.5, 0.6) is 0 Å². The molecular weight excluding hydrogens is 120 g/mol. The Kier molecular flexibility index (Phi) is 1.23. The average molecular weight is 134 g/mol. The van der Waals surface area contributed by atoms with E-state index in [1.165, 1.54) is 19.3 Å². The van der Waals surface area contributed by atoms with Gasteiger partial charge in [0, 0.05) is 0 Å². The van der Waals surface area contributed by atoms with Gasteiger partial charge in [-0.3, -0.25) is 0 Å². The molecule has 1 atom stereocenters. The summed E-state index contributed by atoms with van der Waals surface area (Å²) in [6.45, 7) is 4.58. The van der Waals surface area contributed by atoms with Crippen LogP contribution in [0.3, 0.4) is 0 Å². The lowest BCUT2D eigenvalue weighted by molar-refractivity contribution is 0.998. The van der Waals surface area contributed by atoms with E-state index in [9.17, 15) is 0 Å². The van der Waals surface area contributed by atoms with E-state index in [1.54, 1.807) is 16.7 Å². The average Bonchev–Trinajstić information content (AvgIpc) is 2.42. The van der Waals surface area contributed by atoms with Crippen LogP contribution in [0.4, 0.5) is 0 Å². The highest BCUT2D eigenvalue weighted by molar-refractivity contribution is 5.44. The van der Waals surface area contributed by atoms with E-state index in [1.807, 2.05) is 0 Å². The van der Waals surface area contributed by atoms with Gasteiger partial charge in [-0.2, -0.15) is 0 Å². The maximum Gasteiger partial charge on any atom is -0.0188 e. The molecule has 0 bridgehead atoms. The molecule has 0 N–H and O–H groups in total. The Labute approximate surface area is 62.6 Å². The van der Waals surface area contributed by atoms with Crippen LogP contribution in [0.1, 0.15) is 33.1 Å². The molecule has 0 aromatic rings. The second-order valence-electron chi connectivity index (χ2n) is 3.53. The smallest absolute Gasteiger partial charge is 0.0188 e. The van der Waals surface area contributed by atoms with E-state index in [0.717, 1.165) is 5.92 Å². The van der Waals surface area contributed by atoms with E-state index < -0.39 is 0 Å². The minimum Gasteiger partial charge on any atom is -0.0810 e. The van der Waals surface area contributed by atoms with Crippen molar-refractivity contribution in [2.24, 2.45) is 5.92 Å². The maximum absolute atomic E-state index is 2.37. The van der Waals surface area contributed by atoms with E-state index in [0.29, 0.717) is 0 Å². The van der Waals surface area contributed by atoms with Crippen molar-refractivity contribution in [3.63, 3.8) is 0 Å². The lowest BCUT2D eigenvalue weighted by Crippen LogP contribution is -1.76. The van der Waals surface area contributed by atoms with Gasteiger partial charge in [0.25, 0.3) is 0 Å². The first-order chi connectivity index (χ1) is 4.79. The highest BCUT2D eigenvalue weighted by Crippen LogP contribution is 2.44. The van der Waals surface area contributed by atoms with Crippen LogP contribution in [0, 0.1) is 5.92 Å². The zero-order chi connectivity index (χ0) is 7.14. The zero-order valence-corrected chi connectivity index (χ0v) is 6.78. The lowest BCUT2D eigenvalue weighted by atomic mass is 10.1. The molecule has 0 aliphatic heterocycles.